The zero-order valence-corrected chi connectivity index (χ0v) is 16.5. The van der Waals surface area contributed by atoms with Crippen molar-refractivity contribution in [2.24, 2.45) is 0 Å². The fraction of sp³-hybridized carbons (Fsp3) is 0.364. The second kappa shape index (κ2) is 9.78. The number of piperazine rings is 1. The summed E-state index contributed by atoms with van der Waals surface area (Å²) >= 11 is 0. The van der Waals surface area contributed by atoms with Gasteiger partial charge in [0.25, 0.3) is 0 Å². The number of halogens is 1. The van der Waals surface area contributed by atoms with Gasteiger partial charge in [-0.2, -0.15) is 5.26 Å². The summed E-state index contributed by atoms with van der Waals surface area (Å²) in [6, 6.07) is 14.1. The Labute approximate surface area is 170 Å². The van der Waals surface area contributed by atoms with Crippen LogP contribution in [0.1, 0.15) is 24.5 Å². The van der Waals surface area contributed by atoms with Crippen molar-refractivity contribution in [2.45, 2.75) is 19.9 Å². The van der Waals surface area contributed by atoms with Gasteiger partial charge in [-0.05, 0) is 36.2 Å². The lowest BCUT2D eigenvalue weighted by Crippen LogP contribution is -2.51. The van der Waals surface area contributed by atoms with Crippen LogP contribution in [0.5, 0.6) is 5.75 Å². The van der Waals surface area contributed by atoms with Gasteiger partial charge in [0.15, 0.2) is 0 Å². The van der Waals surface area contributed by atoms with Crippen LogP contribution in [0.4, 0.5) is 14.9 Å². The molecule has 2 aromatic carbocycles. The van der Waals surface area contributed by atoms with E-state index in [0.717, 1.165) is 17.7 Å². The SMILES string of the molecule is CCCOc1ccc(CNC(=O)N2CCN(c3cccc(F)c3C#N)CC2)cc1. The molecule has 1 heterocycles. The van der Waals surface area contributed by atoms with Crippen LogP contribution >= 0.6 is 0 Å². The van der Waals surface area contributed by atoms with Gasteiger partial charge in [0.05, 0.1) is 12.3 Å². The first kappa shape index (κ1) is 20.5. The molecule has 3 rings (SSSR count). The molecule has 0 aromatic heterocycles. The van der Waals surface area contributed by atoms with Crippen LogP contribution in [0, 0.1) is 17.1 Å². The van der Waals surface area contributed by atoms with Crippen LogP contribution in [-0.4, -0.2) is 43.7 Å². The molecule has 152 valence electrons. The van der Waals surface area contributed by atoms with Crippen molar-refractivity contribution < 1.29 is 13.9 Å². The smallest absolute Gasteiger partial charge is 0.317 e. The third-order valence-electron chi connectivity index (χ3n) is 4.85. The lowest BCUT2D eigenvalue weighted by atomic mass is 10.1. The predicted molar refractivity (Wildman–Crippen MR) is 109 cm³/mol. The topological polar surface area (TPSA) is 68.6 Å². The second-order valence-electron chi connectivity index (χ2n) is 6.87. The van der Waals surface area contributed by atoms with E-state index in [1.54, 1.807) is 17.0 Å². The molecule has 0 atom stereocenters. The summed E-state index contributed by atoms with van der Waals surface area (Å²) in [6.07, 6.45) is 0.960. The standard InChI is InChI=1S/C22H25FN4O2/c1-2-14-29-18-8-6-17(7-9-18)16-25-22(28)27-12-10-26(11-13-27)21-5-3-4-20(23)19(21)15-24/h3-9H,2,10-14,16H2,1H3,(H,25,28). The number of nitrogens with one attached hydrogen (secondary N) is 1. The summed E-state index contributed by atoms with van der Waals surface area (Å²) in [5.41, 5.74) is 1.63. The Hall–Kier alpha value is -3.27. The van der Waals surface area contributed by atoms with Gasteiger partial charge in [0.1, 0.15) is 23.2 Å². The monoisotopic (exact) mass is 396 g/mol. The Bertz CT molecular complexity index is 871. The maximum Gasteiger partial charge on any atom is 0.317 e. The fourth-order valence-electron chi connectivity index (χ4n) is 3.25. The Morgan fingerprint density at radius 2 is 1.90 bits per heavy atom. The molecule has 0 bridgehead atoms. The maximum atomic E-state index is 13.8. The number of carbonyl (C=O) groups is 1. The highest BCUT2D eigenvalue weighted by molar-refractivity contribution is 5.74. The van der Waals surface area contributed by atoms with Gasteiger partial charge in [-0.15, -0.1) is 0 Å². The molecule has 2 amide bonds. The first-order valence-corrected chi connectivity index (χ1v) is 9.80. The minimum absolute atomic E-state index is 0.0526. The van der Waals surface area contributed by atoms with Gasteiger partial charge in [-0.1, -0.05) is 25.1 Å². The van der Waals surface area contributed by atoms with E-state index < -0.39 is 5.82 Å². The molecule has 29 heavy (non-hydrogen) atoms. The van der Waals surface area contributed by atoms with E-state index in [2.05, 4.69) is 12.2 Å². The van der Waals surface area contributed by atoms with E-state index >= 15 is 0 Å². The van der Waals surface area contributed by atoms with Crippen molar-refractivity contribution >= 4 is 11.7 Å². The Kier molecular flexibility index (Phi) is 6.90. The Morgan fingerprint density at radius 3 is 2.55 bits per heavy atom. The number of carbonyl (C=O) groups excluding carboxylic acids is 1. The molecule has 1 aliphatic heterocycles. The highest BCUT2D eigenvalue weighted by Crippen LogP contribution is 2.23. The molecular weight excluding hydrogens is 371 g/mol. The van der Waals surface area contributed by atoms with Crippen LogP contribution < -0.4 is 15.0 Å². The lowest BCUT2D eigenvalue weighted by molar-refractivity contribution is 0.194. The number of amides is 2. The zero-order chi connectivity index (χ0) is 20.6. The molecule has 2 aromatic rings. The molecule has 0 saturated carbocycles. The number of nitriles is 1. The van der Waals surface area contributed by atoms with E-state index in [0.29, 0.717) is 45.0 Å². The third kappa shape index (κ3) is 5.17. The number of urea groups is 1. The van der Waals surface area contributed by atoms with E-state index in [4.69, 9.17) is 4.74 Å². The highest BCUT2D eigenvalue weighted by Gasteiger charge is 2.23. The van der Waals surface area contributed by atoms with Gasteiger partial charge >= 0.3 is 6.03 Å². The van der Waals surface area contributed by atoms with Gasteiger partial charge in [-0.25, -0.2) is 9.18 Å². The average Bonchev–Trinajstić information content (AvgIpc) is 2.76. The molecule has 1 aliphatic rings. The molecule has 0 radical (unpaired) electrons. The van der Waals surface area contributed by atoms with Crippen molar-refractivity contribution in [1.29, 1.82) is 5.26 Å². The van der Waals surface area contributed by atoms with Crippen LogP contribution in [-0.2, 0) is 6.54 Å². The van der Waals surface area contributed by atoms with Crippen LogP contribution in [0.2, 0.25) is 0 Å². The van der Waals surface area contributed by atoms with Crippen LogP contribution in [0.15, 0.2) is 42.5 Å². The number of nitrogens with zero attached hydrogens (tertiary/aromatic N) is 3. The summed E-state index contributed by atoms with van der Waals surface area (Å²) in [5, 5.41) is 12.1. The Morgan fingerprint density at radius 1 is 1.17 bits per heavy atom. The van der Waals surface area contributed by atoms with Gasteiger partial charge < -0.3 is 19.9 Å². The molecule has 1 fully saturated rings. The number of ether oxygens (including phenoxy) is 1. The zero-order valence-electron chi connectivity index (χ0n) is 16.5. The number of rotatable bonds is 6. The summed E-state index contributed by atoms with van der Waals surface area (Å²) in [4.78, 5) is 16.1. The predicted octanol–water partition coefficient (Wildman–Crippen LogP) is 3.52. The van der Waals surface area contributed by atoms with E-state index in [1.165, 1.54) is 6.07 Å². The normalized spacial score (nSPS) is 13.7. The first-order chi connectivity index (χ1) is 14.1. The van der Waals surface area contributed by atoms with Crippen molar-refractivity contribution in [1.82, 2.24) is 10.2 Å². The van der Waals surface area contributed by atoms with Crippen molar-refractivity contribution in [2.75, 3.05) is 37.7 Å². The molecule has 6 nitrogen and oxygen atoms in total. The third-order valence-corrected chi connectivity index (χ3v) is 4.85. The van der Waals surface area contributed by atoms with Crippen molar-refractivity contribution in [3.8, 4) is 11.8 Å². The molecule has 0 spiro atoms. The minimum atomic E-state index is -0.517. The molecule has 1 saturated heterocycles. The Balaban J connectivity index is 1.49. The minimum Gasteiger partial charge on any atom is -0.494 e. The molecule has 0 unspecified atom stereocenters. The van der Waals surface area contributed by atoms with E-state index in [9.17, 15) is 14.4 Å². The lowest BCUT2D eigenvalue weighted by Gasteiger charge is -2.36. The summed E-state index contributed by atoms with van der Waals surface area (Å²) in [6.45, 7) is 5.31. The largest absolute Gasteiger partial charge is 0.494 e. The van der Waals surface area contributed by atoms with Crippen LogP contribution in [0.3, 0.4) is 0 Å². The average molecular weight is 396 g/mol. The fourth-order valence-corrected chi connectivity index (χ4v) is 3.25. The molecule has 1 N–H and O–H groups in total. The van der Waals surface area contributed by atoms with Crippen molar-refractivity contribution in [3.63, 3.8) is 0 Å². The number of benzene rings is 2. The van der Waals surface area contributed by atoms with Gasteiger partial charge in [0, 0.05) is 32.7 Å². The molecule has 7 heteroatoms. The quantitative estimate of drug-likeness (QED) is 0.811. The summed E-state index contributed by atoms with van der Waals surface area (Å²) in [7, 11) is 0. The maximum absolute atomic E-state index is 13.8. The summed E-state index contributed by atoms with van der Waals surface area (Å²) in [5.74, 6) is 0.309. The van der Waals surface area contributed by atoms with Gasteiger partial charge in [0.2, 0.25) is 0 Å². The molecular formula is C22H25FN4O2. The van der Waals surface area contributed by atoms with E-state index in [1.807, 2.05) is 35.2 Å². The highest BCUT2D eigenvalue weighted by atomic mass is 19.1. The van der Waals surface area contributed by atoms with Crippen molar-refractivity contribution in [3.05, 3.63) is 59.4 Å². The molecule has 0 aliphatic carbocycles. The number of anilines is 1. The van der Waals surface area contributed by atoms with Gasteiger partial charge in [-0.3, -0.25) is 0 Å². The van der Waals surface area contributed by atoms with Crippen LogP contribution in [0.25, 0.3) is 0 Å². The number of hydrogen-bond acceptors (Lipinski definition) is 4. The first-order valence-electron chi connectivity index (χ1n) is 9.80. The summed E-state index contributed by atoms with van der Waals surface area (Å²) < 4.78 is 19.4. The second-order valence-corrected chi connectivity index (χ2v) is 6.87. The number of hydrogen-bond donors (Lipinski definition) is 1. The van der Waals surface area contributed by atoms with E-state index in [-0.39, 0.29) is 11.6 Å².